The van der Waals surface area contributed by atoms with Crippen LogP contribution in [0.1, 0.15) is 29.5 Å². The van der Waals surface area contributed by atoms with Crippen molar-refractivity contribution < 1.29 is 9.18 Å². The molecule has 0 bridgehead atoms. The standard InChI is InChI=1S/C17H15BrFN3O/c1-2-4-14-16(22-10-12(19)7-8-15(22)21-14)17(23)20-13-6-3-5-11(18)9-13/h3,5-10H,2,4H2,1H3,(H,20,23). The van der Waals surface area contributed by atoms with Crippen LogP contribution in [0, 0.1) is 5.82 Å². The molecule has 6 heteroatoms. The number of benzene rings is 1. The molecule has 0 atom stereocenters. The van der Waals surface area contributed by atoms with E-state index in [1.54, 1.807) is 18.2 Å². The van der Waals surface area contributed by atoms with Crippen molar-refractivity contribution in [3.63, 3.8) is 0 Å². The Balaban J connectivity index is 2.04. The average molecular weight is 376 g/mol. The molecule has 23 heavy (non-hydrogen) atoms. The molecule has 0 unspecified atom stereocenters. The molecule has 0 aliphatic carbocycles. The molecule has 3 aromatic rings. The number of anilines is 1. The van der Waals surface area contributed by atoms with Crippen molar-refractivity contribution in [3.05, 3.63) is 64.3 Å². The highest BCUT2D eigenvalue weighted by atomic mass is 79.9. The van der Waals surface area contributed by atoms with E-state index in [1.165, 1.54) is 16.7 Å². The predicted molar refractivity (Wildman–Crippen MR) is 91.2 cm³/mol. The van der Waals surface area contributed by atoms with Crippen molar-refractivity contribution in [2.75, 3.05) is 5.32 Å². The first-order chi connectivity index (χ1) is 11.1. The second-order valence-electron chi connectivity index (χ2n) is 5.20. The summed E-state index contributed by atoms with van der Waals surface area (Å²) < 4.78 is 15.9. The number of carbonyl (C=O) groups is 1. The van der Waals surface area contributed by atoms with Gasteiger partial charge < -0.3 is 5.32 Å². The quantitative estimate of drug-likeness (QED) is 0.732. The van der Waals surface area contributed by atoms with E-state index in [0.717, 1.165) is 10.9 Å². The summed E-state index contributed by atoms with van der Waals surface area (Å²) in [5, 5.41) is 2.84. The fourth-order valence-corrected chi connectivity index (χ4v) is 2.87. The molecule has 1 N–H and O–H groups in total. The number of hydrogen-bond acceptors (Lipinski definition) is 2. The molecule has 0 saturated carbocycles. The van der Waals surface area contributed by atoms with Gasteiger partial charge in [-0.15, -0.1) is 0 Å². The van der Waals surface area contributed by atoms with Gasteiger partial charge in [0.15, 0.2) is 0 Å². The third-order valence-electron chi connectivity index (χ3n) is 3.44. The van der Waals surface area contributed by atoms with E-state index < -0.39 is 5.82 Å². The van der Waals surface area contributed by atoms with Crippen LogP contribution in [0.5, 0.6) is 0 Å². The maximum absolute atomic E-state index is 13.6. The van der Waals surface area contributed by atoms with Crippen LogP contribution >= 0.6 is 15.9 Å². The summed E-state index contributed by atoms with van der Waals surface area (Å²) in [6.45, 7) is 2.01. The lowest BCUT2D eigenvalue weighted by Gasteiger charge is -2.07. The molecule has 1 amide bonds. The van der Waals surface area contributed by atoms with Gasteiger partial charge in [-0.25, -0.2) is 9.37 Å². The molecule has 2 aromatic heterocycles. The molecular formula is C17H15BrFN3O. The molecule has 0 fully saturated rings. The zero-order valence-electron chi connectivity index (χ0n) is 12.5. The molecule has 4 nitrogen and oxygen atoms in total. The predicted octanol–water partition coefficient (Wildman–Crippen LogP) is 4.44. The fourth-order valence-electron chi connectivity index (χ4n) is 2.48. The summed E-state index contributed by atoms with van der Waals surface area (Å²) >= 11 is 3.37. The lowest BCUT2D eigenvalue weighted by atomic mass is 10.2. The van der Waals surface area contributed by atoms with Crippen LogP contribution in [0.25, 0.3) is 5.65 Å². The van der Waals surface area contributed by atoms with Crippen molar-refractivity contribution in [1.82, 2.24) is 9.38 Å². The molecule has 1 aromatic carbocycles. The lowest BCUT2D eigenvalue weighted by Crippen LogP contribution is -2.16. The van der Waals surface area contributed by atoms with E-state index in [4.69, 9.17) is 0 Å². The Bertz CT molecular complexity index is 875. The normalized spacial score (nSPS) is 10.9. The number of nitrogens with one attached hydrogen (secondary N) is 1. The van der Waals surface area contributed by atoms with Gasteiger partial charge in [-0.1, -0.05) is 35.3 Å². The van der Waals surface area contributed by atoms with Crippen molar-refractivity contribution in [1.29, 1.82) is 0 Å². The van der Waals surface area contributed by atoms with Crippen LogP contribution in [0.3, 0.4) is 0 Å². The van der Waals surface area contributed by atoms with Crippen LogP contribution in [0.15, 0.2) is 47.1 Å². The highest BCUT2D eigenvalue weighted by Crippen LogP contribution is 2.20. The third-order valence-corrected chi connectivity index (χ3v) is 3.93. The summed E-state index contributed by atoms with van der Waals surface area (Å²) in [5.41, 5.74) is 2.28. The van der Waals surface area contributed by atoms with Crippen LogP contribution in [0.2, 0.25) is 0 Å². The van der Waals surface area contributed by atoms with Gasteiger partial charge >= 0.3 is 0 Å². The Morgan fingerprint density at radius 2 is 2.17 bits per heavy atom. The number of pyridine rings is 1. The van der Waals surface area contributed by atoms with Crippen molar-refractivity contribution in [2.45, 2.75) is 19.8 Å². The smallest absolute Gasteiger partial charge is 0.274 e. The fraction of sp³-hybridized carbons (Fsp3) is 0.176. The van der Waals surface area contributed by atoms with E-state index in [9.17, 15) is 9.18 Å². The van der Waals surface area contributed by atoms with Crippen LogP contribution in [-0.4, -0.2) is 15.3 Å². The van der Waals surface area contributed by atoms with Crippen molar-refractivity contribution in [3.8, 4) is 0 Å². The maximum atomic E-state index is 13.6. The highest BCUT2D eigenvalue weighted by Gasteiger charge is 2.19. The first-order valence-corrected chi connectivity index (χ1v) is 8.11. The largest absolute Gasteiger partial charge is 0.321 e. The number of rotatable bonds is 4. The second-order valence-corrected chi connectivity index (χ2v) is 6.11. The highest BCUT2D eigenvalue weighted by molar-refractivity contribution is 9.10. The number of amides is 1. The molecule has 2 heterocycles. The number of aromatic nitrogens is 2. The third kappa shape index (κ3) is 3.27. The monoisotopic (exact) mass is 375 g/mol. The van der Waals surface area contributed by atoms with Crippen molar-refractivity contribution >= 4 is 33.2 Å². The Morgan fingerprint density at radius 1 is 1.35 bits per heavy atom. The van der Waals surface area contributed by atoms with Gasteiger partial charge in [0.1, 0.15) is 17.2 Å². The van der Waals surface area contributed by atoms with Crippen LogP contribution in [-0.2, 0) is 6.42 Å². The van der Waals surface area contributed by atoms with E-state index in [2.05, 4.69) is 26.2 Å². The van der Waals surface area contributed by atoms with Gasteiger partial charge in [0, 0.05) is 16.4 Å². The van der Waals surface area contributed by atoms with E-state index in [0.29, 0.717) is 29.1 Å². The van der Waals surface area contributed by atoms with Crippen molar-refractivity contribution in [2.24, 2.45) is 0 Å². The summed E-state index contributed by atoms with van der Waals surface area (Å²) in [7, 11) is 0. The first kappa shape index (κ1) is 15.7. The van der Waals surface area contributed by atoms with E-state index in [-0.39, 0.29) is 5.91 Å². The molecule has 118 valence electrons. The maximum Gasteiger partial charge on any atom is 0.274 e. The number of nitrogens with zero attached hydrogens (tertiary/aromatic N) is 2. The Morgan fingerprint density at radius 3 is 2.91 bits per heavy atom. The van der Waals surface area contributed by atoms with E-state index >= 15 is 0 Å². The molecule has 0 spiro atoms. The minimum atomic E-state index is -0.408. The topological polar surface area (TPSA) is 46.4 Å². The number of aryl methyl sites for hydroxylation is 1. The van der Waals surface area contributed by atoms with Gasteiger partial charge in [0.25, 0.3) is 5.91 Å². The lowest BCUT2D eigenvalue weighted by molar-refractivity contribution is 0.102. The zero-order chi connectivity index (χ0) is 16.4. The Kier molecular flexibility index (Phi) is 4.43. The summed E-state index contributed by atoms with van der Waals surface area (Å²) in [5.74, 6) is -0.709. The van der Waals surface area contributed by atoms with Gasteiger partial charge in [-0.05, 0) is 36.8 Å². The molecule has 3 rings (SSSR count). The first-order valence-electron chi connectivity index (χ1n) is 7.32. The van der Waals surface area contributed by atoms with E-state index in [1.807, 2.05) is 19.1 Å². The second kappa shape index (κ2) is 6.50. The molecule has 0 aliphatic rings. The van der Waals surface area contributed by atoms with Crippen LogP contribution in [0.4, 0.5) is 10.1 Å². The minimum Gasteiger partial charge on any atom is -0.321 e. The number of hydrogen-bond donors (Lipinski definition) is 1. The number of halogens is 2. The number of carbonyl (C=O) groups excluding carboxylic acids is 1. The Hall–Kier alpha value is -2.21. The summed E-state index contributed by atoms with van der Waals surface area (Å²) in [4.78, 5) is 17.1. The molecule has 0 saturated heterocycles. The van der Waals surface area contributed by atoms with Crippen LogP contribution < -0.4 is 5.32 Å². The number of fused-ring (bicyclic) bond motifs is 1. The summed E-state index contributed by atoms with van der Waals surface area (Å²) in [6, 6.07) is 10.2. The molecule has 0 aliphatic heterocycles. The molecule has 0 radical (unpaired) electrons. The average Bonchev–Trinajstić information content (AvgIpc) is 2.85. The summed E-state index contributed by atoms with van der Waals surface area (Å²) in [6.07, 6.45) is 2.80. The SMILES string of the molecule is CCCc1nc2ccc(F)cn2c1C(=O)Nc1cccc(Br)c1. The van der Waals surface area contributed by atoms with Gasteiger partial charge in [-0.2, -0.15) is 0 Å². The van der Waals surface area contributed by atoms with Gasteiger partial charge in [-0.3, -0.25) is 9.20 Å². The van der Waals surface area contributed by atoms with Gasteiger partial charge in [0.05, 0.1) is 5.69 Å². The molecular weight excluding hydrogens is 361 g/mol. The minimum absolute atomic E-state index is 0.301. The van der Waals surface area contributed by atoms with Gasteiger partial charge in [0.2, 0.25) is 0 Å². The Labute approximate surface area is 141 Å². The number of imidazole rings is 1. The zero-order valence-corrected chi connectivity index (χ0v) is 14.1.